The molecule has 2 aromatic rings. The van der Waals surface area contributed by atoms with Crippen molar-refractivity contribution in [2.45, 2.75) is 19.4 Å². The van der Waals surface area contributed by atoms with Gasteiger partial charge in [0.15, 0.2) is 5.82 Å². The van der Waals surface area contributed by atoms with Crippen molar-refractivity contribution in [3.05, 3.63) is 18.6 Å². The fourth-order valence-electron chi connectivity index (χ4n) is 2.93. The second-order valence-corrected chi connectivity index (χ2v) is 6.35. The third kappa shape index (κ3) is 2.49. The Morgan fingerprint density at radius 3 is 2.57 bits per heavy atom. The molecule has 0 radical (unpaired) electrons. The smallest absolute Gasteiger partial charge is 0.156 e. The molecule has 6 heteroatoms. The molecular weight excluding hydrogens is 264 g/mol. The molecule has 0 spiro atoms. The van der Waals surface area contributed by atoms with Crippen LogP contribution in [-0.2, 0) is 7.05 Å². The van der Waals surface area contributed by atoms with Crippen LogP contribution in [0.2, 0.25) is 0 Å². The lowest BCUT2D eigenvalue weighted by Crippen LogP contribution is -2.57. The highest BCUT2D eigenvalue weighted by Crippen LogP contribution is 2.25. The quantitative estimate of drug-likeness (QED) is 0.906. The van der Waals surface area contributed by atoms with Gasteiger partial charge in [0.2, 0.25) is 0 Å². The minimum Gasteiger partial charge on any atom is -0.352 e. The fourth-order valence-corrected chi connectivity index (χ4v) is 2.93. The zero-order valence-electron chi connectivity index (χ0n) is 13.1. The molecule has 1 fully saturated rings. The number of imidazole rings is 1. The Bertz CT molecular complexity index is 624. The number of anilines is 1. The van der Waals surface area contributed by atoms with E-state index in [1.54, 1.807) is 0 Å². The van der Waals surface area contributed by atoms with Crippen molar-refractivity contribution in [3.8, 4) is 0 Å². The molecule has 0 saturated carbocycles. The molecule has 21 heavy (non-hydrogen) atoms. The van der Waals surface area contributed by atoms with E-state index in [4.69, 9.17) is 5.73 Å². The summed E-state index contributed by atoms with van der Waals surface area (Å²) in [4.78, 5) is 13.9. The fraction of sp³-hybridized carbons (Fsp3) is 0.600. The van der Waals surface area contributed by atoms with Crippen molar-refractivity contribution < 1.29 is 0 Å². The molecule has 0 atom stereocenters. The van der Waals surface area contributed by atoms with Gasteiger partial charge < -0.3 is 15.2 Å². The van der Waals surface area contributed by atoms with Gasteiger partial charge in [0.25, 0.3) is 0 Å². The molecule has 0 unspecified atom stereocenters. The SMILES string of the molecule is Cn1cnc2c(N3CCN(C(C)(C)CN)CC3)nccc21. The van der Waals surface area contributed by atoms with Gasteiger partial charge in [0, 0.05) is 51.5 Å². The molecule has 3 rings (SSSR count). The lowest BCUT2D eigenvalue weighted by molar-refractivity contribution is 0.119. The van der Waals surface area contributed by atoms with E-state index in [1.807, 2.05) is 30.2 Å². The van der Waals surface area contributed by atoms with Crippen LogP contribution in [0.1, 0.15) is 13.8 Å². The number of fused-ring (bicyclic) bond motifs is 1. The van der Waals surface area contributed by atoms with Gasteiger partial charge in [-0.3, -0.25) is 4.90 Å². The van der Waals surface area contributed by atoms with Crippen molar-refractivity contribution in [3.63, 3.8) is 0 Å². The Kier molecular flexibility index (Phi) is 3.59. The number of hydrogen-bond acceptors (Lipinski definition) is 5. The van der Waals surface area contributed by atoms with Gasteiger partial charge in [-0.25, -0.2) is 9.97 Å². The van der Waals surface area contributed by atoms with Crippen LogP contribution < -0.4 is 10.6 Å². The van der Waals surface area contributed by atoms with Gasteiger partial charge in [-0.05, 0) is 19.9 Å². The van der Waals surface area contributed by atoms with Crippen LogP contribution in [0.3, 0.4) is 0 Å². The predicted octanol–water partition coefficient (Wildman–Crippen LogP) is 0.828. The second-order valence-electron chi connectivity index (χ2n) is 6.35. The van der Waals surface area contributed by atoms with E-state index in [2.05, 4.69) is 33.6 Å². The molecule has 1 aliphatic rings. The van der Waals surface area contributed by atoms with Gasteiger partial charge in [0.05, 0.1) is 11.8 Å². The largest absolute Gasteiger partial charge is 0.352 e. The summed E-state index contributed by atoms with van der Waals surface area (Å²) in [7, 11) is 2.01. The van der Waals surface area contributed by atoms with Gasteiger partial charge in [-0.15, -0.1) is 0 Å². The van der Waals surface area contributed by atoms with Crippen molar-refractivity contribution >= 4 is 16.9 Å². The highest BCUT2D eigenvalue weighted by molar-refractivity contribution is 5.86. The number of nitrogens with zero attached hydrogens (tertiary/aromatic N) is 5. The van der Waals surface area contributed by atoms with Crippen molar-refractivity contribution in [1.29, 1.82) is 0 Å². The van der Waals surface area contributed by atoms with E-state index in [0.717, 1.165) is 43.0 Å². The third-order valence-electron chi connectivity index (χ3n) is 4.56. The van der Waals surface area contributed by atoms with E-state index in [9.17, 15) is 0 Å². The monoisotopic (exact) mass is 288 g/mol. The van der Waals surface area contributed by atoms with Crippen LogP contribution in [0, 0.1) is 0 Å². The third-order valence-corrected chi connectivity index (χ3v) is 4.56. The number of aryl methyl sites for hydroxylation is 1. The van der Waals surface area contributed by atoms with Crippen LogP contribution in [0.4, 0.5) is 5.82 Å². The van der Waals surface area contributed by atoms with Gasteiger partial charge in [-0.1, -0.05) is 0 Å². The number of pyridine rings is 1. The van der Waals surface area contributed by atoms with E-state index < -0.39 is 0 Å². The summed E-state index contributed by atoms with van der Waals surface area (Å²) < 4.78 is 2.04. The average Bonchev–Trinajstić information content (AvgIpc) is 2.89. The van der Waals surface area contributed by atoms with Crippen LogP contribution in [0.5, 0.6) is 0 Å². The zero-order valence-corrected chi connectivity index (χ0v) is 13.1. The molecule has 1 saturated heterocycles. The Labute approximate surface area is 125 Å². The molecule has 6 nitrogen and oxygen atoms in total. The standard InChI is InChI=1S/C15H24N6/c1-15(2,10-16)21-8-6-20(7-9-21)14-13-12(4-5-17-14)19(3)11-18-13/h4-5,11H,6-10,16H2,1-3H3. The number of hydrogen-bond donors (Lipinski definition) is 1. The molecule has 0 bridgehead atoms. The topological polar surface area (TPSA) is 63.2 Å². The Hall–Kier alpha value is -1.66. The van der Waals surface area contributed by atoms with Crippen LogP contribution in [0.25, 0.3) is 11.0 Å². The summed E-state index contributed by atoms with van der Waals surface area (Å²) >= 11 is 0. The zero-order chi connectivity index (χ0) is 15.0. The first kappa shape index (κ1) is 14.3. The molecular formula is C15H24N6. The van der Waals surface area contributed by atoms with Gasteiger partial charge in [0.1, 0.15) is 5.52 Å². The van der Waals surface area contributed by atoms with Crippen LogP contribution in [-0.4, -0.2) is 57.7 Å². The second kappa shape index (κ2) is 5.27. The maximum absolute atomic E-state index is 5.88. The Morgan fingerprint density at radius 2 is 1.90 bits per heavy atom. The lowest BCUT2D eigenvalue weighted by atomic mass is 10.0. The molecule has 0 aromatic carbocycles. The highest BCUT2D eigenvalue weighted by Gasteiger charge is 2.29. The molecule has 0 amide bonds. The average molecular weight is 288 g/mol. The molecule has 114 valence electrons. The summed E-state index contributed by atoms with van der Waals surface area (Å²) in [6.07, 6.45) is 3.72. The first-order valence-corrected chi connectivity index (χ1v) is 7.49. The van der Waals surface area contributed by atoms with E-state index >= 15 is 0 Å². The van der Waals surface area contributed by atoms with E-state index in [1.165, 1.54) is 0 Å². The van der Waals surface area contributed by atoms with E-state index in [0.29, 0.717) is 6.54 Å². The number of rotatable bonds is 3. The predicted molar refractivity (Wildman–Crippen MR) is 85.4 cm³/mol. The van der Waals surface area contributed by atoms with Crippen LogP contribution in [0.15, 0.2) is 18.6 Å². The van der Waals surface area contributed by atoms with Crippen molar-refractivity contribution in [2.75, 3.05) is 37.6 Å². The molecule has 3 heterocycles. The van der Waals surface area contributed by atoms with Crippen molar-refractivity contribution in [1.82, 2.24) is 19.4 Å². The van der Waals surface area contributed by atoms with Crippen LogP contribution >= 0.6 is 0 Å². The summed E-state index contributed by atoms with van der Waals surface area (Å²) in [5.74, 6) is 0.998. The summed E-state index contributed by atoms with van der Waals surface area (Å²) in [6.45, 7) is 9.05. The normalized spacial score (nSPS) is 17.6. The minimum absolute atomic E-state index is 0.0660. The summed E-state index contributed by atoms with van der Waals surface area (Å²) in [5, 5.41) is 0. The molecule has 2 aromatic heterocycles. The number of piperazine rings is 1. The first-order valence-electron chi connectivity index (χ1n) is 7.49. The summed E-state index contributed by atoms with van der Waals surface area (Å²) in [6, 6.07) is 2.01. The molecule has 2 N–H and O–H groups in total. The van der Waals surface area contributed by atoms with Gasteiger partial charge in [-0.2, -0.15) is 0 Å². The summed E-state index contributed by atoms with van der Waals surface area (Å²) in [5.41, 5.74) is 8.07. The maximum Gasteiger partial charge on any atom is 0.156 e. The number of aromatic nitrogens is 3. The number of nitrogens with two attached hydrogens (primary N) is 1. The van der Waals surface area contributed by atoms with Crippen molar-refractivity contribution in [2.24, 2.45) is 12.8 Å². The highest BCUT2D eigenvalue weighted by atomic mass is 15.3. The van der Waals surface area contributed by atoms with Gasteiger partial charge >= 0.3 is 0 Å². The first-order chi connectivity index (χ1) is 10.0. The maximum atomic E-state index is 5.88. The molecule has 1 aliphatic heterocycles. The van der Waals surface area contributed by atoms with E-state index in [-0.39, 0.29) is 5.54 Å². The minimum atomic E-state index is 0.0660. The molecule has 0 aliphatic carbocycles. The lowest BCUT2D eigenvalue weighted by Gasteiger charge is -2.43. The Morgan fingerprint density at radius 1 is 1.19 bits per heavy atom. The Balaban J connectivity index is 1.80.